The van der Waals surface area contributed by atoms with Crippen LogP contribution in [0.2, 0.25) is 0 Å². The van der Waals surface area contributed by atoms with Crippen molar-refractivity contribution in [1.29, 1.82) is 5.26 Å². The van der Waals surface area contributed by atoms with Crippen LogP contribution in [-0.4, -0.2) is 10.8 Å². The first-order chi connectivity index (χ1) is 11.0. The molecule has 0 heterocycles. The van der Waals surface area contributed by atoms with Crippen molar-refractivity contribution in [3.63, 3.8) is 0 Å². The van der Waals surface area contributed by atoms with E-state index in [1.807, 2.05) is 0 Å². The second-order valence-electron chi connectivity index (χ2n) is 4.45. The molecule has 0 atom stereocenters. The van der Waals surface area contributed by atoms with Crippen LogP contribution in [-0.2, 0) is 4.79 Å². The summed E-state index contributed by atoms with van der Waals surface area (Å²) in [5.74, 6) is -1.38. The number of anilines is 1. The molecule has 1 N–H and O–H groups in total. The molecule has 0 saturated carbocycles. The second kappa shape index (κ2) is 6.95. The lowest BCUT2D eigenvalue weighted by atomic mass is 10.1. The predicted molar refractivity (Wildman–Crippen MR) is 81.7 cm³/mol. The normalized spacial score (nSPS) is 10.7. The third-order valence-corrected chi connectivity index (χ3v) is 2.90. The molecule has 0 saturated heterocycles. The molecule has 0 unspecified atom stereocenters. The highest BCUT2D eigenvalue weighted by molar-refractivity contribution is 6.09. The fourth-order valence-electron chi connectivity index (χ4n) is 1.76. The average Bonchev–Trinajstić information content (AvgIpc) is 2.55. The van der Waals surface area contributed by atoms with Gasteiger partial charge in [0.15, 0.2) is 0 Å². The predicted octanol–water partition coefficient (Wildman–Crippen LogP) is 3.28. The van der Waals surface area contributed by atoms with Crippen molar-refractivity contribution in [3.8, 4) is 6.07 Å². The number of benzene rings is 2. The highest BCUT2D eigenvalue weighted by Gasteiger charge is 2.12. The summed E-state index contributed by atoms with van der Waals surface area (Å²) in [5.41, 5.74) is 0.0526. The number of nitrogens with one attached hydrogen (secondary N) is 1. The van der Waals surface area contributed by atoms with E-state index in [0.29, 0.717) is 5.56 Å². The van der Waals surface area contributed by atoms with E-state index in [9.17, 15) is 19.3 Å². The van der Waals surface area contributed by atoms with E-state index >= 15 is 0 Å². The van der Waals surface area contributed by atoms with Gasteiger partial charge in [0.1, 0.15) is 17.5 Å². The van der Waals surface area contributed by atoms with Crippen LogP contribution in [0.3, 0.4) is 0 Å². The average molecular weight is 311 g/mol. The van der Waals surface area contributed by atoms with Gasteiger partial charge >= 0.3 is 0 Å². The summed E-state index contributed by atoms with van der Waals surface area (Å²) in [6, 6.07) is 12.6. The molecular weight excluding hydrogens is 301 g/mol. The number of nitro groups is 1. The summed E-state index contributed by atoms with van der Waals surface area (Å²) < 4.78 is 13.5. The molecule has 0 radical (unpaired) electrons. The lowest BCUT2D eigenvalue weighted by Crippen LogP contribution is -2.14. The third kappa shape index (κ3) is 3.98. The zero-order valence-electron chi connectivity index (χ0n) is 11.7. The van der Waals surface area contributed by atoms with Crippen LogP contribution in [0.25, 0.3) is 6.08 Å². The van der Waals surface area contributed by atoms with Crippen LogP contribution < -0.4 is 5.32 Å². The van der Waals surface area contributed by atoms with Crippen LogP contribution in [0.5, 0.6) is 0 Å². The van der Waals surface area contributed by atoms with Gasteiger partial charge < -0.3 is 5.32 Å². The summed E-state index contributed by atoms with van der Waals surface area (Å²) in [6.07, 6.45) is 1.26. The van der Waals surface area contributed by atoms with Crippen LogP contribution in [0.15, 0.2) is 54.1 Å². The summed E-state index contributed by atoms with van der Waals surface area (Å²) in [4.78, 5) is 22.0. The number of non-ortho nitro benzene ring substituents is 1. The molecule has 6 nitrogen and oxygen atoms in total. The molecule has 7 heteroatoms. The van der Waals surface area contributed by atoms with Gasteiger partial charge in [0, 0.05) is 12.1 Å². The molecule has 1 amide bonds. The maximum Gasteiger partial charge on any atom is 0.269 e. The number of nitro benzene ring substituents is 1. The molecule has 23 heavy (non-hydrogen) atoms. The van der Waals surface area contributed by atoms with Crippen molar-refractivity contribution in [2.75, 3.05) is 5.32 Å². The number of amides is 1. The van der Waals surface area contributed by atoms with Crippen molar-refractivity contribution in [2.24, 2.45) is 0 Å². The molecule has 0 aliphatic carbocycles. The number of rotatable bonds is 4. The van der Waals surface area contributed by atoms with Gasteiger partial charge in [0.2, 0.25) is 0 Å². The molecule has 2 rings (SSSR count). The van der Waals surface area contributed by atoms with Crippen LogP contribution in [0.1, 0.15) is 5.56 Å². The van der Waals surface area contributed by atoms with E-state index in [-0.39, 0.29) is 16.9 Å². The number of carbonyl (C=O) groups is 1. The van der Waals surface area contributed by atoms with Crippen LogP contribution in [0.4, 0.5) is 15.8 Å². The van der Waals surface area contributed by atoms with E-state index < -0.39 is 16.6 Å². The number of nitriles is 1. The zero-order valence-corrected chi connectivity index (χ0v) is 11.7. The Morgan fingerprint density at radius 3 is 2.43 bits per heavy atom. The van der Waals surface area contributed by atoms with Gasteiger partial charge in [0.05, 0.1) is 10.6 Å². The number of halogens is 1. The fraction of sp³-hybridized carbons (Fsp3) is 0. The standard InChI is InChI=1S/C16H10FN3O3/c17-14-3-1-2-4-15(14)19-16(21)12(10-18)9-11-5-7-13(8-6-11)20(22)23/h1-9H,(H,19,21)/b12-9-. The maximum absolute atomic E-state index is 13.5. The number of carbonyl (C=O) groups excluding carboxylic acids is 1. The molecule has 2 aromatic rings. The van der Waals surface area contributed by atoms with Gasteiger partial charge in [-0.05, 0) is 35.9 Å². The Morgan fingerprint density at radius 2 is 1.87 bits per heavy atom. The number of para-hydroxylation sites is 1. The van der Waals surface area contributed by atoms with Gasteiger partial charge in [-0.15, -0.1) is 0 Å². The monoisotopic (exact) mass is 311 g/mol. The molecule has 0 spiro atoms. The first-order valence-electron chi connectivity index (χ1n) is 6.43. The maximum atomic E-state index is 13.5. The third-order valence-electron chi connectivity index (χ3n) is 2.90. The molecule has 0 aliphatic heterocycles. The van der Waals surface area contributed by atoms with E-state index in [2.05, 4.69) is 5.32 Å². The minimum absolute atomic E-state index is 0.0395. The number of nitrogens with zero attached hydrogens (tertiary/aromatic N) is 2. The topological polar surface area (TPSA) is 96.0 Å². The van der Waals surface area contributed by atoms with Crippen LogP contribution in [0, 0.1) is 27.3 Å². The summed E-state index contributed by atoms with van der Waals surface area (Å²) in [6.45, 7) is 0. The smallest absolute Gasteiger partial charge is 0.269 e. The van der Waals surface area contributed by atoms with Gasteiger partial charge in [0.25, 0.3) is 11.6 Å². The molecule has 0 aliphatic rings. The van der Waals surface area contributed by atoms with Gasteiger partial charge in [-0.25, -0.2) is 4.39 Å². The van der Waals surface area contributed by atoms with Gasteiger partial charge in [-0.1, -0.05) is 12.1 Å². The Labute approximate surface area is 130 Å². The van der Waals surface area contributed by atoms with E-state index in [1.54, 1.807) is 12.1 Å². The highest BCUT2D eigenvalue weighted by Crippen LogP contribution is 2.16. The lowest BCUT2D eigenvalue weighted by Gasteiger charge is -2.05. The van der Waals surface area contributed by atoms with E-state index in [4.69, 9.17) is 5.26 Å². The van der Waals surface area contributed by atoms with Crippen LogP contribution >= 0.6 is 0 Å². The van der Waals surface area contributed by atoms with Crippen molar-refractivity contribution < 1.29 is 14.1 Å². The van der Waals surface area contributed by atoms with Gasteiger partial charge in [-0.3, -0.25) is 14.9 Å². The first kappa shape index (κ1) is 15.9. The first-order valence-corrected chi connectivity index (χ1v) is 6.43. The summed E-state index contributed by atoms with van der Waals surface area (Å²) in [5, 5.41) is 21.9. The number of hydrogen-bond donors (Lipinski definition) is 1. The van der Waals surface area contributed by atoms with Crippen molar-refractivity contribution in [1.82, 2.24) is 0 Å². The second-order valence-corrected chi connectivity index (χ2v) is 4.45. The molecular formula is C16H10FN3O3. The quantitative estimate of drug-likeness (QED) is 0.405. The van der Waals surface area contributed by atoms with Crippen molar-refractivity contribution >= 4 is 23.4 Å². The lowest BCUT2D eigenvalue weighted by molar-refractivity contribution is -0.384. The molecule has 0 bridgehead atoms. The van der Waals surface area contributed by atoms with Crippen molar-refractivity contribution in [2.45, 2.75) is 0 Å². The minimum atomic E-state index is -0.768. The molecule has 2 aromatic carbocycles. The Balaban J connectivity index is 2.21. The van der Waals surface area contributed by atoms with Gasteiger partial charge in [-0.2, -0.15) is 5.26 Å². The SMILES string of the molecule is N#C/C(=C/c1ccc([N+](=O)[O-])cc1)C(=O)Nc1ccccc1F. The largest absolute Gasteiger partial charge is 0.319 e. The molecule has 114 valence electrons. The fourth-order valence-corrected chi connectivity index (χ4v) is 1.76. The molecule has 0 fully saturated rings. The summed E-state index contributed by atoms with van der Waals surface area (Å²) >= 11 is 0. The highest BCUT2D eigenvalue weighted by atomic mass is 19.1. The Hall–Kier alpha value is -3.53. The Bertz CT molecular complexity index is 823. The van der Waals surface area contributed by atoms with Crippen molar-refractivity contribution in [3.05, 3.63) is 75.6 Å². The Morgan fingerprint density at radius 1 is 1.22 bits per heavy atom. The van der Waals surface area contributed by atoms with E-state index in [0.717, 1.165) is 0 Å². The summed E-state index contributed by atoms with van der Waals surface area (Å²) in [7, 11) is 0. The minimum Gasteiger partial charge on any atom is -0.319 e. The number of hydrogen-bond acceptors (Lipinski definition) is 4. The molecule has 0 aromatic heterocycles. The van der Waals surface area contributed by atoms with E-state index in [1.165, 1.54) is 48.5 Å². The Kier molecular flexibility index (Phi) is 4.79. The zero-order chi connectivity index (χ0) is 16.8.